The van der Waals surface area contributed by atoms with Gasteiger partial charge in [-0.2, -0.15) is 13.2 Å². The lowest BCUT2D eigenvalue weighted by Crippen LogP contribution is -2.48. The number of alkyl halides is 3. The van der Waals surface area contributed by atoms with E-state index >= 15 is 0 Å². The van der Waals surface area contributed by atoms with Crippen LogP contribution in [0, 0.1) is 11.2 Å². The lowest BCUT2D eigenvalue weighted by molar-refractivity contribution is -0.154. The summed E-state index contributed by atoms with van der Waals surface area (Å²) in [4.78, 5) is 24.5. The Balaban J connectivity index is 1.55. The lowest BCUT2D eigenvalue weighted by Gasteiger charge is -2.42. The van der Waals surface area contributed by atoms with Crippen molar-refractivity contribution in [2.45, 2.75) is 18.6 Å². The number of fused-ring (bicyclic) bond motifs is 1. The summed E-state index contributed by atoms with van der Waals surface area (Å²) in [6.45, 7) is 0.947. The largest absolute Gasteiger partial charge is 0.467 e. The summed E-state index contributed by atoms with van der Waals surface area (Å²) in [6, 6.07) is 4.06. The monoisotopic (exact) mass is 485 g/mol. The summed E-state index contributed by atoms with van der Waals surface area (Å²) in [7, 11) is 0. The van der Waals surface area contributed by atoms with Crippen LogP contribution in [0.1, 0.15) is 23.0 Å². The maximum absolute atomic E-state index is 14.9. The zero-order chi connectivity index (χ0) is 23.9. The van der Waals surface area contributed by atoms with Gasteiger partial charge in [-0.3, -0.25) is 4.79 Å². The molecule has 0 saturated carbocycles. The molecule has 33 heavy (non-hydrogen) atoms. The van der Waals surface area contributed by atoms with Crippen molar-refractivity contribution in [2.24, 2.45) is 16.1 Å². The number of hydrogen-bond donors (Lipinski definition) is 2. The Hall–Kier alpha value is -2.93. The maximum atomic E-state index is 14.9. The van der Waals surface area contributed by atoms with Crippen molar-refractivity contribution in [1.29, 1.82) is 0 Å². The molecule has 1 fully saturated rings. The second-order valence-electron chi connectivity index (χ2n) is 7.94. The number of amides is 1. The predicted molar refractivity (Wildman–Crippen MR) is 113 cm³/mol. The predicted octanol–water partition coefficient (Wildman–Crippen LogP) is 3.10. The Morgan fingerprint density at radius 2 is 2.09 bits per heavy atom. The van der Waals surface area contributed by atoms with E-state index in [4.69, 9.17) is 10.5 Å². The number of nitrogens with one attached hydrogen (secondary N) is 1. The molecule has 1 aromatic heterocycles. The highest BCUT2D eigenvalue weighted by Crippen LogP contribution is 2.53. The molecule has 1 saturated heterocycles. The summed E-state index contributed by atoms with van der Waals surface area (Å²) < 4.78 is 61.8. The van der Waals surface area contributed by atoms with E-state index in [0.717, 1.165) is 12.4 Å². The van der Waals surface area contributed by atoms with Gasteiger partial charge in [-0.25, -0.2) is 19.4 Å². The van der Waals surface area contributed by atoms with E-state index in [-0.39, 0.29) is 29.4 Å². The number of aliphatic imine (C=N–C) groups is 1. The van der Waals surface area contributed by atoms with E-state index in [1.54, 1.807) is 0 Å². The minimum Gasteiger partial charge on any atom is -0.467 e. The summed E-state index contributed by atoms with van der Waals surface area (Å²) in [5.41, 5.74) is 4.76. The van der Waals surface area contributed by atoms with Crippen LogP contribution in [0.25, 0.3) is 0 Å². The maximum Gasteiger partial charge on any atom is 0.422 e. The van der Waals surface area contributed by atoms with Crippen molar-refractivity contribution >= 4 is 28.5 Å². The summed E-state index contributed by atoms with van der Waals surface area (Å²) in [5.74, 6) is -0.985. The average Bonchev–Trinajstić information content (AvgIpc) is 3.10. The third kappa shape index (κ3) is 4.60. The molecule has 4 rings (SSSR count). The minimum atomic E-state index is -4.52. The molecule has 3 N–H and O–H groups in total. The van der Waals surface area contributed by atoms with Gasteiger partial charge in [-0.1, -0.05) is 18.7 Å². The van der Waals surface area contributed by atoms with Gasteiger partial charge in [0.25, 0.3) is 5.91 Å². The summed E-state index contributed by atoms with van der Waals surface area (Å²) in [6.07, 6.45) is -2.63. The third-order valence-corrected chi connectivity index (χ3v) is 6.65. The molecular weight excluding hydrogens is 466 g/mol. The SMILES string of the molecule is C[C@@]12COC[C@]1(c1cc(NC(=O)c3cnc(OCC(F)(F)F)cn3)ccc1F)N=C(N)SC2. The molecule has 2 aliphatic heterocycles. The van der Waals surface area contributed by atoms with Crippen LogP contribution in [-0.2, 0) is 10.3 Å². The number of thioether (sulfide) groups is 1. The molecule has 2 aliphatic rings. The number of benzene rings is 1. The normalized spacial score (nSPS) is 24.7. The van der Waals surface area contributed by atoms with E-state index in [1.165, 1.54) is 30.0 Å². The van der Waals surface area contributed by atoms with Gasteiger partial charge in [0.2, 0.25) is 5.88 Å². The first kappa shape index (κ1) is 23.2. The van der Waals surface area contributed by atoms with E-state index in [2.05, 4.69) is 25.0 Å². The Labute approximate surface area is 190 Å². The number of rotatable bonds is 5. The fraction of sp³-hybridized carbons (Fsp3) is 0.400. The molecule has 2 aromatic rings. The van der Waals surface area contributed by atoms with Gasteiger partial charge in [0.05, 0.1) is 25.6 Å². The van der Waals surface area contributed by atoms with Crippen molar-refractivity contribution < 1.29 is 31.8 Å². The van der Waals surface area contributed by atoms with E-state index in [9.17, 15) is 22.4 Å². The van der Waals surface area contributed by atoms with Crippen LogP contribution in [-0.4, -0.2) is 52.8 Å². The van der Waals surface area contributed by atoms with Crippen LogP contribution < -0.4 is 15.8 Å². The highest BCUT2D eigenvalue weighted by atomic mass is 32.2. The van der Waals surface area contributed by atoms with Crippen molar-refractivity contribution in [2.75, 3.05) is 30.9 Å². The van der Waals surface area contributed by atoms with Crippen molar-refractivity contribution in [3.8, 4) is 5.88 Å². The van der Waals surface area contributed by atoms with Crippen LogP contribution in [0.15, 0.2) is 35.6 Å². The second-order valence-corrected chi connectivity index (χ2v) is 8.94. The molecule has 0 aliphatic carbocycles. The zero-order valence-electron chi connectivity index (χ0n) is 17.3. The first-order valence-corrected chi connectivity index (χ1v) is 10.7. The molecule has 176 valence electrons. The molecule has 2 atom stereocenters. The first-order chi connectivity index (χ1) is 15.5. The van der Waals surface area contributed by atoms with Crippen LogP contribution in [0.2, 0.25) is 0 Å². The van der Waals surface area contributed by atoms with Gasteiger partial charge in [-0.05, 0) is 18.2 Å². The second kappa shape index (κ2) is 8.45. The quantitative estimate of drug-likeness (QED) is 0.626. The van der Waals surface area contributed by atoms with Crippen molar-refractivity contribution in [3.05, 3.63) is 47.7 Å². The van der Waals surface area contributed by atoms with E-state index in [1.807, 2.05) is 6.92 Å². The van der Waals surface area contributed by atoms with Crippen LogP contribution in [0.3, 0.4) is 0 Å². The smallest absolute Gasteiger partial charge is 0.422 e. The topological polar surface area (TPSA) is 112 Å². The van der Waals surface area contributed by atoms with Gasteiger partial charge < -0.3 is 20.5 Å². The molecule has 1 amide bonds. The van der Waals surface area contributed by atoms with Crippen molar-refractivity contribution in [1.82, 2.24) is 9.97 Å². The highest BCUT2D eigenvalue weighted by molar-refractivity contribution is 8.13. The van der Waals surface area contributed by atoms with E-state index < -0.39 is 35.5 Å². The number of carbonyl (C=O) groups is 1. The zero-order valence-corrected chi connectivity index (χ0v) is 18.1. The molecular formula is C20H19F4N5O3S. The van der Waals surface area contributed by atoms with Gasteiger partial charge >= 0.3 is 6.18 Å². The summed E-state index contributed by atoms with van der Waals surface area (Å²) in [5, 5.41) is 2.91. The number of halogens is 4. The number of aromatic nitrogens is 2. The van der Waals surface area contributed by atoms with Gasteiger partial charge in [0.1, 0.15) is 17.1 Å². The lowest BCUT2D eigenvalue weighted by atomic mass is 9.70. The minimum absolute atomic E-state index is 0.143. The Morgan fingerprint density at radius 1 is 1.30 bits per heavy atom. The standard InChI is InChI=1S/C20H19F4N5O3S/c1-18-7-31-8-19(18,29-17(25)33-10-18)12-4-11(2-3-13(12)21)28-16(30)14-5-27-15(6-26-14)32-9-20(22,23)24/h2-6H,7-10H2,1H3,(H2,25,29)(H,28,30)/t18-,19+/m0/s1. The Kier molecular flexibility index (Phi) is 5.95. The third-order valence-electron chi connectivity index (χ3n) is 5.48. The molecule has 0 unspecified atom stereocenters. The molecule has 0 spiro atoms. The van der Waals surface area contributed by atoms with Crippen LogP contribution >= 0.6 is 11.8 Å². The molecule has 0 bridgehead atoms. The highest BCUT2D eigenvalue weighted by Gasteiger charge is 2.57. The van der Waals surface area contributed by atoms with Crippen LogP contribution in [0.5, 0.6) is 5.88 Å². The van der Waals surface area contributed by atoms with Gasteiger partial charge in [0, 0.05) is 22.4 Å². The number of hydrogen-bond acceptors (Lipinski definition) is 8. The number of nitrogens with two attached hydrogens (primary N) is 1. The Bertz CT molecular complexity index is 1100. The van der Waals surface area contributed by atoms with Gasteiger partial charge in [0.15, 0.2) is 11.8 Å². The fourth-order valence-corrected chi connectivity index (χ4v) is 4.75. The van der Waals surface area contributed by atoms with Crippen LogP contribution in [0.4, 0.5) is 23.2 Å². The number of nitrogens with zero attached hydrogens (tertiary/aromatic N) is 3. The molecule has 0 radical (unpaired) electrons. The molecule has 13 heteroatoms. The van der Waals surface area contributed by atoms with Crippen molar-refractivity contribution in [3.63, 3.8) is 0 Å². The number of anilines is 1. The summed E-state index contributed by atoms with van der Waals surface area (Å²) >= 11 is 1.38. The first-order valence-electron chi connectivity index (χ1n) is 9.70. The number of amidine groups is 1. The average molecular weight is 485 g/mol. The fourth-order valence-electron chi connectivity index (χ4n) is 3.74. The molecule has 8 nitrogen and oxygen atoms in total. The Morgan fingerprint density at radius 3 is 2.79 bits per heavy atom. The van der Waals surface area contributed by atoms with E-state index in [0.29, 0.717) is 17.5 Å². The number of ether oxygens (including phenoxy) is 2. The molecule has 1 aromatic carbocycles. The van der Waals surface area contributed by atoms with Gasteiger partial charge in [-0.15, -0.1) is 0 Å². The number of carbonyl (C=O) groups excluding carboxylic acids is 1. The molecule has 3 heterocycles.